The first-order valence-corrected chi connectivity index (χ1v) is 13.1. The predicted octanol–water partition coefficient (Wildman–Crippen LogP) is 3.25. The zero-order valence-electron chi connectivity index (χ0n) is 20.9. The fourth-order valence-electron chi connectivity index (χ4n) is 6.49. The van der Waals surface area contributed by atoms with Crippen molar-refractivity contribution in [1.82, 2.24) is 10.2 Å². The number of aromatic hydroxyl groups is 1. The molecule has 7 rings (SSSR count). The summed E-state index contributed by atoms with van der Waals surface area (Å²) in [6.45, 7) is 1.99. The third kappa shape index (κ3) is 3.39. The number of carbonyl (C=O) groups is 3. The molecule has 0 unspecified atom stereocenters. The van der Waals surface area contributed by atoms with Crippen LogP contribution >= 0.6 is 11.6 Å². The average molecular weight is 546 g/mol. The van der Waals surface area contributed by atoms with Crippen LogP contribution in [0, 0.1) is 18.8 Å². The van der Waals surface area contributed by atoms with Crippen molar-refractivity contribution >= 4 is 35.0 Å². The number of rotatable bonds is 4. The highest BCUT2D eigenvalue weighted by atomic mass is 35.5. The molecule has 4 aliphatic heterocycles. The Morgan fingerprint density at radius 2 is 1.74 bits per heavy atom. The monoisotopic (exact) mass is 545 g/mol. The molecule has 0 radical (unpaired) electrons. The third-order valence-electron chi connectivity index (χ3n) is 8.35. The lowest BCUT2D eigenvalue weighted by Gasteiger charge is -2.29. The maximum Gasteiger partial charge on any atom is 0.250 e. The Kier molecular flexibility index (Phi) is 5.20. The van der Waals surface area contributed by atoms with Crippen LogP contribution in [-0.2, 0) is 32.9 Å². The highest BCUT2D eigenvalue weighted by molar-refractivity contribution is 6.32. The summed E-state index contributed by atoms with van der Waals surface area (Å²) in [6.07, 6.45) is 0.384. The van der Waals surface area contributed by atoms with E-state index < -0.39 is 29.3 Å². The number of nitrogens with zero attached hydrogens (tertiary/aromatic N) is 1. The fourth-order valence-corrected chi connectivity index (χ4v) is 6.65. The molecule has 4 atom stereocenters. The molecule has 0 aromatic heterocycles. The van der Waals surface area contributed by atoms with Crippen molar-refractivity contribution in [1.29, 1.82) is 0 Å². The molecule has 0 bridgehead atoms. The van der Waals surface area contributed by atoms with Gasteiger partial charge < -0.3 is 19.9 Å². The second kappa shape index (κ2) is 8.46. The second-order valence-corrected chi connectivity index (χ2v) is 10.8. The van der Waals surface area contributed by atoms with Crippen molar-refractivity contribution in [2.45, 2.75) is 31.5 Å². The Morgan fingerprint density at radius 3 is 2.54 bits per heavy atom. The largest absolute Gasteiger partial charge is 0.508 e. The number of hydrogen-bond donors (Lipinski definition) is 3. The van der Waals surface area contributed by atoms with E-state index in [0.29, 0.717) is 39.8 Å². The van der Waals surface area contributed by atoms with E-state index in [-0.39, 0.29) is 30.9 Å². The number of phenols is 1. The number of nitrogens with one attached hydrogen (secondary N) is 2. The number of hydrogen-bond acceptors (Lipinski definition) is 7. The summed E-state index contributed by atoms with van der Waals surface area (Å²) >= 11 is 6.36. The quantitative estimate of drug-likeness (QED) is 0.431. The van der Waals surface area contributed by atoms with Gasteiger partial charge in [0.2, 0.25) is 24.5 Å². The normalized spacial score (nSPS) is 26.4. The van der Waals surface area contributed by atoms with Gasteiger partial charge in [-0.1, -0.05) is 35.9 Å². The number of benzene rings is 3. The van der Waals surface area contributed by atoms with Crippen LogP contribution in [0.2, 0.25) is 5.02 Å². The molecular formula is C29H24ClN3O6. The first-order valence-electron chi connectivity index (χ1n) is 12.7. The van der Waals surface area contributed by atoms with E-state index in [1.54, 1.807) is 54.6 Å². The molecule has 2 saturated heterocycles. The summed E-state index contributed by atoms with van der Waals surface area (Å²) in [7, 11) is 0. The van der Waals surface area contributed by atoms with Gasteiger partial charge in [-0.15, -0.1) is 0 Å². The topological polar surface area (TPSA) is 117 Å². The van der Waals surface area contributed by atoms with Crippen molar-refractivity contribution in [2.75, 3.05) is 12.1 Å². The van der Waals surface area contributed by atoms with E-state index in [1.165, 1.54) is 4.90 Å². The molecule has 0 aliphatic carbocycles. The van der Waals surface area contributed by atoms with E-state index >= 15 is 0 Å². The smallest absolute Gasteiger partial charge is 0.250 e. The van der Waals surface area contributed by atoms with Crippen molar-refractivity contribution in [3.05, 3.63) is 81.9 Å². The Balaban J connectivity index is 1.31. The van der Waals surface area contributed by atoms with Crippen LogP contribution < -0.4 is 20.1 Å². The number of amides is 3. The van der Waals surface area contributed by atoms with Gasteiger partial charge in [0.15, 0.2) is 11.5 Å². The van der Waals surface area contributed by atoms with Gasteiger partial charge in [-0.3, -0.25) is 24.6 Å². The van der Waals surface area contributed by atoms with Gasteiger partial charge in [0.25, 0.3) is 0 Å². The summed E-state index contributed by atoms with van der Waals surface area (Å²) in [6, 6.07) is 15.0. The first-order chi connectivity index (χ1) is 18.8. The van der Waals surface area contributed by atoms with Crippen LogP contribution in [0.4, 0.5) is 5.69 Å². The van der Waals surface area contributed by atoms with Gasteiger partial charge in [0.05, 0.1) is 24.1 Å². The van der Waals surface area contributed by atoms with E-state index in [9.17, 15) is 19.5 Å². The molecule has 10 heteroatoms. The summed E-state index contributed by atoms with van der Waals surface area (Å²) in [5.74, 6) is -1.52. The third-order valence-corrected chi connectivity index (χ3v) is 8.75. The Bertz CT molecular complexity index is 1570. The van der Waals surface area contributed by atoms with E-state index in [0.717, 1.165) is 11.1 Å². The van der Waals surface area contributed by atoms with Gasteiger partial charge >= 0.3 is 0 Å². The number of imide groups is 1. The zero-order chi connectivity index (χ0) is 27.1. The van der Waals surface area contributed by atoms with Crippen molar-refractivity contribution < 1.29 is 29.0 Å². The number of phenolic OH excluding ortho intramolecular Hbond substituents is 1. The predicted molar refractivity (Wildman–Crippen MR) is 140 cm³/mol. The lowest BCUT2D eigenvalue weighted by Crippen LogP contribution is -2.53. The Hall–Kier alpha value is -4.08. The van der Waals surface area contributed by atoms with E-state index in [1.807, 2.05) is 6.92 Å². The number of carbonyl (C=O) groups excluding carboxylic acids is 3. The maximum atomic E-state index is 14.1. The minimum absolute atomic E-state index is 0.0530. The molecule has 3 N–H and O–H groups in total. The second-order valence-electron chi connectivity index (χ2n) is 10.4. The van der Waals surface area contributed by atoms with Crippen LogP contribution in [0.5, 0.6) is 17.2 Å². The Morgan fingerprint density at radius 1 is 1.00 bits per heavy atom. The van der Waals surface area contributed by atoms with Gasteiger partial charge in [-0.05, 0) is 60.4 Å². The molecule has 9 nitrogen and oxygen atoms in total. The van der Waals surface area contributed by atoms with Gasteiger partial charge in [0, 0.05) is 16.6 Å². The molecule has 3 amide bonds. The number of fused-ring (bicyclic) bond motifs is 5. The highest BCUT2D eigenvalue weighted by Gasteiger charge is 2.70. The number of halogens is 1. The molecule has 1 spiro atoms. The molecule has 0 saturated carbocycles. The SMILES string of the molecule is Cc1c(Cl)ccc2c1NC(=O)[C@]21N[C@H](Cc2ccc(O)cc2)[C@H]2C(=O)N(Cc3ccc4c(c3)OCO4)C(=O)[C@H]21. The van der Waals surface area contributed by atoms with Gasteiger partial charge in [-0.25, -0.2) is 0 Å². The van der Waals surface area contributed by atoms with Gasteiger partial charge in [-0.2, -0.15) is 0 Å². The molecule has 4 heterocycles. The molecule has 3 aromatic rings. The average Bonchev–Trinajstić information content (AvgIpc) is 3.65. The minimum atomic E-state index is -1.42. The van der Waals surface area contributed by atoms with E-state index in [2.05, 4.69) is 10.6 Å². The number of ether oxygens (including phenoxy) is 2. The van der Waals surface area contributed by atoms with E-state index in [4.69, 9.17) is 21.1 Å². The standard InChI is InChI=1S/C29H24ClN3O6/c1-14-19(30)8-7-18-25(14)31-28(37)29(18)24-23(20(32-29)10-15-2-5-17(34)6-3-15)26(35)33(27(24)36)12-16-4-9-21-22(11-16)39-13-38-21/h2-9,11,20,23-24,32,34H,10,12-13H2,1H3,(H,31,37)/t20-,23-,24+,29+/m1/s1. The zero-order valence-corrected chi connectivity index (χ0v) is 21.6. The highest BCUT2D eigenvalue weighted by Crippen LogP contribution is 2.54. The lowest BCUT2D eigenvalue weighted by molar-refractivity contribution is -0.143. The summed E-state index contributed by atoms with van der Waals surface area (Å²) in [4.78, 5) is 43.1. The Labute approximate surface area is 228 Å². The van der Waals surface area contributed by atoms with Crippen molar-refractivity contribution in [2.24, 2.45) is 11.8 Å². The number of anilines is 1. The number of likely N-dealkylation sites (tertiary alicyclic amines) is 1. The lowest BCUT2D eigenvalue weighted by atomic mass is 9.76. The van der Waals surface area contributed by atoms with Gasteiger partial charge in [0.1, 0.15) is 11.3 Å². The summed E-state index contributed by atoms with van der Waals surface area (Å²) in [5, 5.41) is 16.6. The molecule has 39 heavy (non-hydrogen) atoms. The summed E-state index contributed by atoms with van der Waals surface area (Å²) in [5.41, 5.74) is 2.04. The molecule has 3 aromatic carbocycles. The van der Waals surface area contributed by atoms with Crippen LogP contribution in [0.3, 0.4) is 0 Å². The van der Waals surface area contributed by atoms with Crippen LogP contribution in [-0.4, -0.2) is 40.6 Å². The minimum Gasteiger partial charge on any atom is -0.508 e. The van der Waals surface area contributed by atoms with Crippen molar-refractivity contribution in [3.63, 3.8) is 0 Å². The first kappa shape index (κ1) is 24.0. The summed E-state index contributed by atoms with van der Waals surface area (Å²) < 4.78 is 10.9. The molecule has 4 aliphatic rings. The van der Waals surface area contributed by atoms with Crippen LogP contribution in [0.15, 0.2) is 54.6 Å². The molecular weight excluding hydrogens is 522 g/mol. The van der Waals surface area contributed by atoms with Crippen LogP contribution in [0.1, 0.15) is 22.3 Å². The van der Waals surface area contributed by atoms with Crippen LogP contribution in [0.25, 0.3) is 0 Å². The molecule has 198 valence electrons. The fraction of sp³-hybridized carbons (Fsp3) is 0.276. The molecule has 2 fully saturated rings. The van der Waals surface area contributed by atoms with Crippen molar-refractivity contribution in [3.8, 4) is 17.2 Å². The maximum absolute atomic E-state index is 14.1.